The number of amides is 3. The predicted octanol–water partition coefficient (Wildman–Crippen LogP) is 4.47. The van der Waals surface area contributed by atoms with Gasteiger partial charge in [0.05, 0.1) is 24.2 Å². The molecule has 1 spiro atoms. The number of halogens is 1. The van der Waals surface area contributed by atoms with Gasteiger partial charge in [-0.25, -0.2) is 9.78 Å². The number of rotatable bonds is 4. The maximum atomic E-state index is 13.7. The quantitative estimate of drug-likeness (QED) is 0.445. The maximum Gasteiger partial charge on any atom is 0.325 e. The average Bonchev–Trinajstić information content (AvgIpc) is 3.29. The van der Waals surface area contributed by atoms with E-state index in [4.69, 9.17) is 21.3 Å². The van der Waals surface area contributed by atoms with Crippen LogP contribution in [0.5, 0.6) is 5.75 Å². The molecule has 1 N–H and O–H groups in total. The molecule has 3 amide bonds. The fraction of sp³-hybridized carbons (Fsp3) is 0.192. The summed E-state index contributed by atoms with van der Waals surface area (Å²) in [5, 5.41) is 3.54. The minimum absolute atomic E-state index is 0.0502. The summed E-state index contributed by atoms with van der Waals surface area (Å²) in [6.07, 6.45) is 0.376. The Morgan fingerprint density at radius 1 is 1.00 bits per heavy atom. The Hall–Kier alpha value is -3.84. The number of hydrogen-bond acceptors (Lipinski definition) is 4. The Morgan fingerprint density at radius 3 is 2.65 bits per heavy atom. The molecule has 1 aromatic heterocycles. The van der Waals surface area contributed by atoms with Gasteiger partial charge in [0, 0.05) is 23.6 Å². The number of imidazole rings is 1. The van der Waals surface area contributed by atoms with E-state index in [1.807, 2.05) is 71.3 Å². The van der Waals surface area contributed by atoms with Crippen molar-refractivity contribution in [1.29, 1.82) is 0 Å². The topological polar surface area (TPSA) is 76.5 Å². The number of carbonyl (C=O) groups excluding carboxylic acids is 2. The Kier molecular flexibility index (Phi) is 4.81. The number of aromatic nitrogens is 2. The van der Waals surface area contributed by atoms with E-state index in [9.17, 15) is 9.59 Å². The van der Waals surface area contributed by atoms with E-state index in [0.717, 1.165) is 16.6 Å². The fourth-order valence-corrected chi connectivity index (χ4v) is 5.04. The first-order valence-corrected chi connectivity index (χ1v) is 11.5. The van der Waals surface area contributed by atoms with Crippen LogP contribution >= 0.6 is 11.6 Å². The summed E-state index contributed by atoms with van der Waals surface area (Å²) >= 11 is 6.21. The van der Waals surface area contributed by atoms with Crippen LogP contribution in [0.2, 0.25) is 5.02 Å². The van der Waals surface area contributed by atoms with Crippen LogP contribution in [0.3, 0.4) is 0 Å². The molecule has 34 heavy (non-hydrogen) atoms. The second-order valence-corrected chi connectivity index (χ2v) is 8.99. The van der Waals surface area contributed by atoms with Crippen molar-refractivity contribution in [2.45, 2.75) is 25.0 Å². The molecule has 0 aliphatic carbocycles. The molecule has 2 aliphatic rings. The van der Waals surface area contributed by atoms with E-state index in [-0.39, 0.29) is 12.5 Å². The number of para-hydroxylation sites is 1. The smallest absolute Gasteiger partial charge is 0.325 e. The zero-order valence-corrected chi connectivity index (χ0v) is 19.0. The third-order valence-corrected chi connectivity index (χ3v) is 6.76. The number of ether oxygens (including phenoxy) is 1. The van der Waals surface area contributed by atoms with Gasteiger partial charge in [-0.15, -0.1) is 0 Å². The number of benzene rings is 3. The molecule has 2 aliphatic heterocycles. The number of hydrogen-bond donors (Lipinski definition) is 1. The number of nitrogens with one attached hydrogen (secondary N) is 1. The van der Waals surface area contributed by atoms with Gasteiger partial charge in [-0.1, -0.05) is 60.1 Å². The molecule has 6 rings (SSSR count). The van der Waals surface area contributed by atoms with Crippen molar-refractivity contribution in [3.05, 3.63) is 94.8 Å². The number of carbonyl (C=O) groups is 2. The van der Waals surface area contributed by atoms with Crippen molar-refractivity contribution in [2.75, 3.05) is 6.61 Å². The Morgan fingerprint density at radius 2 is 1.79 bits per heavy atom. The number of nitrogens with zero attached hydrogens (tertiary/aromatic N) is 3. The van der Waals surface area contributed by atoms with Crippen LogP contribution in [0.15, 0.2) is 72.8 Å². The number of imide groups is 1. The standard InChI is InChI=1S/C26H21ClN4O3/c27-18-10-11-21-20(14-18)28-23(30(21)15-17-6-2-1-3-7-17)16-31-24(32)26(29-25(31)33)12-13-34-22-9-5-4-8-19(22)26/h1-11,14H,12-13,15-16H2,(H,29,33). The van der Waals surface area contributed by atoms with E-state index in [1.165, 1.54) is 4.90 Å². The Balaban J connectivity index is 1.40. The highest BCUT2D eigenvalue weighted by molar-refractivity contribution is 6.31. The molecule has 0 saturated carbocycles. The van der Waals surface area contributed by atoms with Gasteiger partial charge in [0.2, 0.25) is 0 Å². The second-order valence-electron chi connectivity index (χ2n) is 8.55. The highest BCUT2D eigenvalue weighted by Gasteiger charge is 2.55. The molecule has 1 saturated heterocycles. The van der Waals surface area contributed by atoms with E-state index in [2.05, 4.69) is 5.32 Å². The summed E-state index contributed by atoms with van der Waals surface area (Å²) in [5.41, 5.74) is 2.26. The van der Waals surface area contributed by atoms with E-state index < -0.39 is 11.6 Å². The zero-order valence-electron chi connectivity index (χ0n) is 18.2. The van der Waals surface area contributed by atoms with Crippen LogP contribution in [-0.4, -0.2) is 33.0 Å². The van der Waals surface area contributed by atoms with E-state index in [1.54, 1.807) is 6.07 Å². The van der Waals surface area contributed by atoms with Crippen LogP contribution in [0, 0.1) is 0 Å². The number of fused-ring (bicyclic) bond motifs is 3. The lowest BCUT2D eigenvalue weighted by Crippen LogP contribution is -2.47. The normalized spacial score (nSPS) is 19.4. The summed E-state index contributed by atoms with van der Waals surface area (Å²) < 4.78 is 7.77. The van der Waals surface area contributed by atoms with E-state index in [0.29, 0.717) is 41.7 Å². The Bertz CT molecular complexity index is 1430. The highest BCUT2D eigenvalue weighted by Crippen LogP contribution is 2.41. The molecule has 170 valence electrons. The first kappa shape index (κ1) is 20.7. The summed E-state index contributed by atoms with van der Waals surface area (Å²) in [5.74, 6) is 0.946. The van der Waals surface area contributed by atoms with Crippen molar-refractivity contribution in [3.8, 4) is 5.75 Å². The first-order valence-electron chi connectivity index (χ1n) is 11.1. The van der Waals surface area contributed by atoms with E-state index >= 15 is 0 Å². The maximum absolute atomic E-state index is 13.7. The summed E-state index contributed by atoms with van der Waals surface area (Å²) in [7, 11) is 0. The van der Waals surface area contributed by atoms with Crippen molar-refractivity contribution < 1.29 is 14.3 Å². The summed E-state index contributed by atoms with van der Waals surface area (Å²) in [6, 6.07) is 22.5. The molecule has 3 heterocycles. The van der Waals surface area contributed by atoms with Gasteiger partial charge < -0.3 is 14.6 Å². The van der Waals surface area contributed by atoms with Crippen LogP contribution < -0.4 is 10.1 Å². The zero-order chi connectivity index (χ0) is 23.3. The molecule has 0 bridgehead atoms. The molecule has 4 aromatic rings. The predicted molar refractivity (Wildman–Crippen MR) is 128 cm³/mol. The molecule has 3 aromatic carbocycles. The van der Waals surface area contributed by atoms with Gasteiger partial charge in [0.25, 0.3) is 5.91 Å². The Labute approximate surface area is 200 Å². The van der Waals surface area contributed by atoms with Crippen LogP contribution in [0.1, 0.15) is 23.4 Å². The second kappa shape index (κ2) is 7.88. The average molecular weight is 473 g/mol. The van der Waals surface area contributed by atoms with Gasteiger partial charge in [0.1, 0.15) is 11.6 Å². The SMILES string of the molecule is O=C1NC2(CCOc3ccccc32)C(=O)N1Cc1nc2cc(Cl)ccc2n1Cc1ccccc1. The van der Waals surface area contributed by atoms with Gasteiger partial charge in [-0.2, -0.15) is 0 Å². The molecular weight excluding hydrogens is 452 g/mol. The van der Waals surface area contributed by atoms with Crippen molar-refractivity contribution in [1.82, 2.24) is 19.8 Å². The monoisotopic (exact) mass is 472 g/mol. The lowest BCUT2D eigenvalue weighted by Gasteiger charge is -2.33. The highest BCUT2D eigenvalue weighted by atomic mass is 35.5. The van der Waals surface area contributed by atoms with Crippen molar-refractivity contribution in [3.63, 3.8) is 0 Å². The van der Waals surface area contributed by atoms with Crippen LogP contribution in [-0.2, 0) is 23.4 Å². The molecule has 1 fully saturated rings. The van der Waals surface area contributed by atoms with Gasteiger partial charge in [0.15, 0.2) is 5.54 Å². The minimum atomic E-state index is -1.12. The third-order valence-electron chi connectivity index (χ3n) is 6.53. The van der Waals surface area contributed by atoms with Gasteiger partial charge >= 0.3 is 6.03 Å². The van der Waals surface area contributed by atoms with Gasteiger partial charge in [-0.05, 0) is 29.8 Å². The minimum Gasteiger partial charge on any atom is -0.493 e. The first-order chi connectivity index (χ1) is 16.5. The number of urea groups is 1. The molecule has 7 nitrogen and oxygen atoms in total. The van der Waals surface area contributed by atoms with Crippen LogP contribution in [0.4, 0.5) is 4.79 Å². The molecule has 0 radical (unpaired) electrons. The summed E-state index contributed by atoms with van der Waals surface area (Å²) in [4.78, 5) is 32.9. The van der Waals surface area contributed by atoms with Crippen molar-refractivity contribution in [2.24, 2.45) is 0 Å². The molecule has 1 unspecified atom stereocenters. The lowest BCUT2D eigenvalue weighted by atomic mass is 9.84. The molecule has 1 atom stereocenters. The van der Waals surface area contributed by atoms with Crippen LogP contribution in [0.25, 0.3) is 11.0 Å². The molecular formula is C26H21ClN4O3. The van der Waals surface area contributed by atoms with Gasteiger partial charge in [-0.3, -0.25) is 9.69 Å². The largest absolute Gasteiger partial charge is 0.493 e. The third kappa shape index (κ3) is 3.23. The fourth-order valence-electron chi connectivity index (χ4n) is 4.87. The lowest BCUT2D eigenvalue weighted by molar-refractivity contribution is -0.133. The van der Waals surface area contributed by atoms with Crippen molar-refractivity contribution >= 4 is 34.6 Å². The molecule has 8 heteroatoms. The summed E-state index contributed by atoms with van der Waals surface area (Å²) in [6.45, 7) is 0.955.